The second kappa shape index (κ2) is 17.8. The largest absolute Gasteiger partial charge is 0.507 e. The number of hydrogen-bond acceptors (Lipinski definition) is 3. The first-order chi connectivity index (χ1) is 31.2. The molecule has 65 heavy (non-hydrogen) atoms. The molecule has 0 aliphatic rings. The Bertz CT molecular complexity index is 3220. The Balaban J connectivity index is 0.00000533. The number of rotatable bonds is 9. The molecule has 10 rings (SSSR count). The summed E-state index contributed by atoms with van der Waals surface area (Å²) in [4.78, 5) is 10.2. The first kappa shape index (κ1) is 43.1. The minimum absolute atomic E-state index is 0. The zero-order chi connectivity index (χ0) is 43.8. The van der Waals surface area contributed by atoms with Crippen LogP contribution in [0.25, 0.3) is 72.7 Å². The van der Waals surface area contributed by atoms with Crippen LogP contribution >= 0.6 is 0 Å². The Kier molecular flexibility index (Phi) is 11.8. The molecule has 0 radical (unpaired) electrons. The second-order valence-electron chi connectivity index (χ2n) is 17.7. The fourth-order valence-corrected chi connectivity index (χ4v) is 9.02. The van der Waals surface area contributed by atoms with Gasteiger partial charge in [0.15, 0.2) is 0 Å². The number of phenols is 1. The molecule has 0 spiro atoms. The molecule has 0 aliphatic carbocycles. The summed E-state index contributed by atoms with van der Waals surface area (Å²) in [6.07, 6.45) is 1.88. The van der Waals surface area contributed by atoms with Crippen molar-refractivity contribution >= 4 is 11.0 Å². The molecule has 0 amide bonds. The van der Waals surface area contributed by atoms with Crippen LogP contribution < -0.4 is 0 Å². The molecule has 1 N–H and O–H groups in total. The van der Waals surface area contributed by atoms with E-state index >= 15 is 0 Å². The third kappa shape index (κ3) is 8.16. The Morgan fingerprint density at radius 1 is 0.477 bits per heavy atom. The van der Waals surface area contributed by atoms with Crippen molar-refractivity contribution in [2.45, 2.75) is 38.5 Å². The number of hydrogen-bond donors (Lipinski definition) is 1. The third-order valence-corrected chi connectivity index (χ3v) is 12.6. The van der Waals surface area contributed by atoms with E-state index in [9.17, 15) is 5.11 Å². The van der Waals surface area contributed by atoms with Gasteiger partial charge in [-0.15, -0.1) is 29.8 Å². The number of para-hydroxylation sites is 2. The molecule has 320 valence electrons. The van der Waals surface area contributed by atoms with Crippen LogP contribution in [0.4, 0.5) is 0 Å². The van der Waals surface area contributed by atoms with Crippen LogP contribution in [0.1, 0.15) is 49.9 Å². The van der Waals surface area contributed by atoms with E-state index in [1.807, 2.05) is 30.5 Å². The Hall–Kier alpha value is -7.13. The quantitative estimate of drug-likeness (QED) is 0.116. The fourth-order valence-electron chi connectivity index (χ4n) is 9.02. The first-order valence-corrected chi connectivity index (χ1v) is 21.9. The van der Waals surface area contributed by atoms with Gasteiger partial charge in [0.2, 0.25) is 0 Å². The van der Waals surface area contributed by atoms with E-state index in [2.05, 4.69) is 214 Å². The zero-order valence-corrected chi connectivity index (χ0v) is 39.1. The molecule has 8 aromatic carbocycles. The molecule has 0 bridgehead atoms. The number of benzene rings is 8. The molecular weight excluding hydrogens is 974 g/mol. The topological polar surface area (TPSA) is 50.9 Å². The predicted octanol–water partition coefficient (Wildman–Crippen LogP) is 14.9. The van der Waals surface area contributed by atoms with Gasteiger partial charge in [0, 0.05) is 43.9 Å². The molecule has 0 saturated carbocycles. The minimum Gasteiger partial charge on any atom is -0.507 e. The van der Waals surface area contributed by atoms with Crippen LogP contribution in [0.3, 0.4) is 0 Å². The number of aromatic hydroxyl groups is 1. The predicted molar refractivity (Wildman–Crippen MR) is 264 cm³/mol. The summed E-state index contributed by atoms with van der Waals surface area (Å²) in [6.45, 7) is 9.03. The molecule has 5 heteroatoms. The van der Waals surface area contributed by atoms with Crippen LogP contribution in [0, 0.1) is 6.07 Å². The fraction of sp³-hybridized carbons (Fsp3) is 0.100. The summed E-state index contributed by atoms with van der Waals surface area (Å²) in [5.74, 6) is 0.828. The van der Waals surface area contributed by atoms with Crippen LogP contribution in [0.2, 0.25) is 0 Å². The van der Waals surface area contributed by atoms with Crippen LogP contribution in [0.15, 0.2) is 212 Å². The molecule has 10 aromatic rings. The maximum atomic E-state index is 11.3. The Morgan fingerprint density at radius 3 is 1.74 bits per heavy atom. The van der Waals surface area contributed by atoms with Crippen molar-refractivity contribution in [2.24, 2.45) is 0 Å². The first-order valence-electron chi connectivity index (χ1n) is 21.9. The maximum absolute atomic E-state index is 11.3. The van der Waals surface area contributed by atoms with E-state index in [1.165, 1.54) is 22.3 Å². The third-order valence-electron chi connectivity index (χ3n) is 12.6. The van der Waals surface area contributed by atoms with Crippen molar-refractivity contribution < 1.29 is 26.2 Å². The minimum atomic E-state index is -0.318. The van der Waals surface area contributed by atoms with Gasteiger partial charge in [-0.25, -0.2) is 4.98 Å². The number of fused-ring (bicyclic) bond motifs is 1. The number of phenolic OH excluding ortho intramolecular Hbond substituents is 1. The van der Waals surface area contributed by atoms with Crippen molar-refractivity contribution in [1.29, 1.82) is 0 Å². The average molecular weight is 1020 g/mol. The summed E-state index contributed by atoms with van der Waals surface area (Å²) in [7, 11) is 0. The van der Waals surface area contributed by atoms with Crippen LogP contribution in [0.5, 0.6) is 5.75 Å². The van der Waals surface area contributed by atoms with E-state index in [4.69, 9.17) is 9.97 Å². The normalized spacial score (nSPS) is 11.6. The number of aromatic nitrogens is 3. The molecule has 0 aliphatic heterocycles. The maximum Gasteiger partial charge on any atom is 0.148 e. The van der Waals surface area contributed by atoms with E-state index in [-0.39, 0.29) is 37.6 Å². The Morgan fingerprint density at radius 2 is 1.06 bits per heavy atom. The van der Waals surface area contributed by atoms with Gasteiger partial charge in [0.25, 0.3) is 0 Å². The molecule has 0 saturated heterocycles. The molecule has 4 nitrogen and oxygen atoms in total. The molecular formula is C60H48N3OPt-. The molecule has 2 aromatic heterocycles. The van der Waals surface area contributed by atoms with Gasteiger partial charge in [-0.1, -0.05) is 184 Å². The van der Waals surface area contributed by atoms with Crippen molar-refractivity contribution in [3.8, 4) is 67.5 Å². The monoisotopic (exact) mass is 1020 g/mol. The molecule has 2 heterocycles. The number of nitrogens with zero attached hydrogens (tertiary/aromatic N) is 3. The Labute approximate surface area is 396 Å². The standard InChI is InChI=1S/C60H48N3O.Pt/c1-59(2,3)49-34-35-54(52(40-49)42-18-8-5-9-19-42)63-55-28-17-27-50(57(55)62-58(63)51-26-14-15-29-56(51)64)44-20-16-21-45(38-44)53-39-43(36-37-61-53)41-30-32-48(33-31-41)60(4,46-22-10-6-11-23-46)47-24-12-7-13-25-47;/h5-37,39-40,64H,1-4H3;/q-1;. The van der Waals surface area contributed by atoms with Gasteiger partial charge in [-0.2, -0.15) is 0 Å². The van der Waals surface area contributed by atoms with E-state index in [0.29, 0.717) is 11.4 Å². The second-order valence-corrected chi connectivity index (χ2v) is 17.7. The van der Waals surface area contributed by atoms with Crippen LogP contribution in [-0.4, -0.2) is 19.6 Å². The average Bonchev–Trinajstić information content (AvgIpc) is 3.74. The van der Waals surface area contributed by atoms with Gasteiger partial charge in [0.05, 0.1) is 22.3 Å². The van der Waals surface area contributed by atoms with Gasteiger partial charge in [0.1, 0.15) is 11.6 Å². The van der Waals surface area contributed by atoms with E-state index in [0.717, 1.165) is 61.4 Å². The van der Waals surface area contributed by atoms with Crippen molar-refractivity contribution in [3.05, 3.63) is 241 Å². The van der Waals surface area contributed by atoms with Crippen LogP contribution in [-0.2, 0) is 31.9 Å². The van der Waals surface area contributed by atoms with Gasteiger partial charge in [-0.05, 0) is 87.7 Å². The number of imidazole rings is 1. The summed E-state index contributed by atoms with van der Waals surface area (Å²) in [5.41, 5.74) is 15.9. The van der Waals surface area contributed by atoms with E-state index in [1.54, 1.807) is 6.07 Å². The SMILES string of the molecule is CC(C)(C)c1ccc(-n2c(-c3ccccc3O)nc3c(-c4[c-]c(-c5cc(-c6ccc(C(C)(c7ccccc7)c7ccccc7)cc6)ccn5)ccc4)cccc32)c(-c2ccccc2)c1.[Pt]. The van der Waals surface area contributed by atoms with Crippen molar-refractivity contribution in [2.75, 3.05) is 0 Å². The molecule has 0 atom stereocenters. The number of pyridine rings is 1. The van der Waals surface area contributed by atoms with E-state index < -0.39 is 0 Å². The zero-order valence-electron chi connectivity index (χ0n) is 36.8. The molecule has 0 fully saturated rings. The summed E-state index contributed by atoms with van der Waals surface area (Å²) in [6, 6.07) is 75.6. The van der Waals surface area contributed by atoms with Gasteiger partial charge >= 0.3 is 0 Å². The van der Waals surface area contributed by atoms with Crippen molar-refractivity contribution in [1.82, 2.24) is 14.5 Å². The smallest absolute Gasteiger partial charge is 0.148 e. The summed E-state index contributed by atoms with van der Waals surface area (Å²) < 4.78 is 2.20. The van der Waals surface area contributed by atoms with Gasteiger partial charge < -0.3 is 5.11 Å². The van der Waals surface area contributed by atoms with Crippen molar-refractivity contribution in [3.63, 3.8) is 0 Å². The summed E-state index contributed by atoms with van der Waals surface area (Å²) in [5, 5.41) is 11.3. The summed E-state index contributed by atoms with van der Waals surface area (Å²) >= 11 is 0. The molecule has 0 unspecified atom stereocenters. The van der Waals surface area contributed by atoms with Gasteiger partial charge in [-0.3, -0.25) is 9.55 Å².